The van der Waals surface area contributed by atoms with Gasteiger partial charge in [-0.25, -0.2) is 4.79 Å². The van der Waals surface area contributed by atoms with Crippen molar-refractivity contribution in [3.05, 3.63) is 77.7 Å². The van der Waals surface area contributed by atoms with Gasteiger partial charge in [-0.15, -0.1) is 0 Å². The second kappa shape index (κ2) is 7.32. The molecule has 28 heavy (non-hydrogen) atoms. The predicted molar refractivity (Wildman–Crippen MR) is 99.8 cm³/mol. The molecule has 1 amide bonds. The molecule has 7 heteroatoms. The molecule has 7 nitrogen and oxygen atoms in total. The Labute approximate surface area is 159 Å². The molecule has 0 atom stereocenters. The van der Waals surface area contributed by atoms with Crippen molar-refractivity contribution in [3.63, 3.8) is 0 Å². The van der Waals surface area contributed by atoms with E-state index in [1.54, 1.807) is 54.6 Å². The van der Waals surface area contributed by atoms with Gasteiger partial charge in [0.2, 0.25) is 6.79 Å². The molecule has 0 fully saturated rings. The van der Waals surface area contributed by atoms with Gasteiger partial charge in [-0.1, -0.05) is 18.2 Å². The van der Waals surface area contributed by atoms with Crippen LogP contribution in [0.15, 0.2) is 70.8 Å². The summed E-state index contributed by atoms with van der Waals surface area (Å²) in [5, 5.41) is 11.8. The highest BCUT2D eigenvalue weighted by Gasteiger charge is 2.17. The molecule has 4 rings (SSSR count). The van der Waals surface area contributed by atoms with Crippen LogP contribution in [0.4, 0.5) is 0 Å². The molecule has 0 unspecified atom stereocenters. The summed E-state index contributed by atoms with van der Waals surface area (Å²) in [6, 6.07) is 17.1. The minimum absolute atomic E-state index is 0.175. The Morgan fingerprint density at radius 3 is 2.54 bits per heavy atom. The third-order valence-electron chi connectivity index (χ3n) is 4.09. The lowest BCUT2D eigenvalue weighted by atomic mass is 10.1. The van der Waals surface area contributed by atoms with Crippen molar-refractivity contribution in [1.29, 1.82) is 0 Å². The van der Waals surface area contributed by atoms with E-state index in [0.29, 0.717) is 28.6 Å². The monoisotopic (exact) mass is 377 g/mol. The lowest BCUT2D eigenvalue weighted by Gasteiger charge is -2.05. The van der Waals surface area contributed by atoms with Crippen LogP contribution in [0.25, 0.3) is 17.4 Å². The van der Waals surface area contributed by atoms with E-state index in [9.17, 15) is 14.7 Å². The number of aliphatic carboxylic acids is 1. The number of carboxylic acids is 1. The number of carbonyl (C=O) groups is 2. The van der Waals surface area contributed by atoms with Crippen LogP contribution in [0, 0.1) is 0 Å². The summed E-state index contributed by atoms with van der Waals surface area (Å²) >= 11 is 0. The zero-order valence-corrected chi connectivity index (χ0v) is 14.5. The summed E-state index contributed by atoms with van der Waals surface area (Å²) in [5.41, 5.74) is 0.824. The van der Waals surface area contributed by atoms with Crippen molar-refractivity contribution >= 4 is 18.0 Å². The predicted octanol–water partition coefficient (Wildman–Crippen LogP) is 3.53. The van der Waals surface area contributed by atoms with E-state index < -0.39 is 11.9 Å². The second-order valence-corrected chi connectivity index (χ2v) is 5.95. The summed E-state index contributed by atoms with van der Waals surface area (Å²) in [5.74, 6) is 0.309. The molecule has 0 aliphatic carbocycles. The molecule has 1 aromatic heterocycles. The summed E-state index contributed by atoms with van der Waals surface area (Å²) < 4.78 is 16.3. The summed E-state index contributed by atoms with van der Waals surface area (Å²) in [6.07, 6.45) is 1.26. The molecule has 2 aromatic carbocycles. The first-order valence-corrected chi connectivity index (χ1v) is 8.41. The number of ether oxygens (including phenoxy) is 2. The fourth-order valence-corrected chi connectivity index (χ4v) is 2.71. The van der Waals surface area contributed by atoms with Gasteiger partial charge in [0.05, 0.1) is 0 Å². The number of carbonyl (C=O) groups excluding carboxylic acids is 1. The highest BCUT2D eigenvalue weighted by atomic mass is 16.7. The summed E-state index contributed by atoms with van der Waals surface area (Å²) in [6.45, 7) is 0.175. The van der Waals surface area contributed by atoms with Gasteiger partial charge >= 0.3 is 5.97 Å². The van der Waals surface area contributed by atoms with Crippen molar-refractivity contribution in [1.82, 2.24) is 5.32 Å². The third-order valence-corrected chi connectivity index (χ3v) is 4.09. The Balaban J connectivity index is 1.56. The van der Waals surface area contributed by atoms with Gasteiger partial charge in [0.1, 0.15) is 17.2 Å². The molecule has 0 radical (unpaired) electrons. The first-order chi connectivity index (χ1) is 13.6. The van der Waals surface area contributed by atoms with Crippen LogP contribution in [0.5, 0.6) is 11.5 Å². The van der Waals surface area contributed by atoms with E-state index in [-0.39, 0.29) is 12.5 Å². The van der Waals surface area contributed by atoms with Gasteiger partial charge in [-0.3, -0.25) is 4.79 Å². The Hall–Kier alpha value is -4.00. The lowest BCUT2D eigenvalue weighted by molar-refractivity contribution is -0.132. The zero-order chi connectivity index (χ0) is 19.5. The fourth-order valence-electron chi connectivity index (χ4n) is 2.71. The van der Waals surface area contributed by atoms with E-state index in [2.05, 4.69) is 5.32 Å². The van der Waals surface area contributed by atoms with Gasteiger partial charge in [-0.2, -0.15) is 0 Å². The van der Waals surface area contributed by atoms with Crippen LogP contribution in [0.3, 0.4) is 0 Å². The maximum absolute atomic E-state index is 12.2. The highest BCUT2D eigenvalue weighted by Crippen LogP contribution is 2.36. The normalized spacial score (nSPS) is 12.6. The molecular formula is C21H15NO6. The van der Waals surface area contributed by atoms with Crippen molar-refractivity contribution in [2.45, 2.75) is 0 Å². The largest absolute Gasteiger partial charge is 0.477 e. The number of hydrogen-bond donors (Lipinski definition) is 2. The smallest absolute Gasteiger partial charge is 0.352 e. The molecule has 1 aliphatic heterocycles. The molecule has 140 valence electrons. The second-order valence-electron chi connectivity index (χ2n) is 5.95. The SMILES string of the molecule is O=C(O)/C(=C\c1ccc(-c2ccc3c(c2)OCO3)o1)NC(=O)c1ccccc1. The van der Waals surface area contributed by atoms with Gasteiger partial charge in [0, 0.05) is 17.2 Å². The van der Waals surface area contributed by atoms with Crippen molar-refractivity contribution in [3.8, 4) is 22.8 Å². The number of hydrogen-bond acceptors (Lipinski definition) is 5. The van der Waals surface area contributed by atoms with Crippen LogP contribution in [-0.2, 0) is 4.79 Å². The molecule has 0 spiro atoms. The third kappa shape index (κ3) is 3.59. The zero-order valence-electron chi connectivity index (χ0n) is 14.5. The number of amides is 1. The van der Waals surface area contributed by atoms with Gasteiger partial charge in [0.25, 0.3) is 5.91 Å². The van der Waals surface area contributed by atoms with Crippen LogP contribution < -0.4 is 14.8 Å². The molecule has 3 aromatic rings. The quantitative estimate of drug-likeness (QED) is 0.660. The topological polar surface area (TPSA) is 98.0 Å². The Morgan fingerprint density at radius 1 is 0.964 bits per heavy atom. The summed E-state index contributed by atoms with van der Waals surface area (Å²) in [7, 11) is 0. The van der Waals surface area contributed by atoms with Crippen molar-refractivity contribution in [2.75, 3.05) is 6.79 Å². The van der Waals surface area contributed by atoms with Crippen LogP contribution in [0.2, 0.25) is 0 Å². The van der Waals surface area contributed by atoms with Crippen LogP contribution >= 0.6 is 0 Å². The molecule has 0 saturated heterocycles. The minimum atomic E-state index is -1.27. The molecule has 1 aliphatic rings. The van der Waals surface area contributed by atoms with Gasteiger partial charge < -0.3 is 24.3 Å². The summed E-state index contributed by atoms with van der Waals surface area (Å²) in [4.78, 5) is 23.7. The number of fused-ring (bicyclic) bond motifs is 1. The van der Waals surface area contributed by atoms with E-state index >= 15 is 0 Å². The van der Waals surface area contributed by atoms with E-state index in [0.717, 1.165) is 5.56 Å². The first kappa shape index (κ1) is 17.4. The maximum Gasteiger partial charge on any atom is 0.352 e. The Morgan fingerprint density at radius 2 is 1.75 bits per heavy atom. The Bertz CT molecular complexity index is 1070. The van der Waals surface area contributed by atoms with Crippen LogP contribution in [-0.4, -0.2) is 23.8 Å². The fraction of sp³-hybridized carbons (Fsp3) is 0.0476. The standard InChI is InChI=1S/C21H15NO6/c23-20(13-4-2-1-3-5-13)22-16(21(24)25)11-15-7-9-17(28-15)14-6-8-18-19(10-14)27-12-26-18/h1-11H,12H2,(H,22,23)(H,24,25)/b16-11+. The average Bonchev–Trinajstić information content (AvgIpc) is 3.36. The first-order valence-electron chi connectivity index (χ1n) is 8.41. The van der Waals surface area contributed by atoms with Gasteiger partial charge in [0.15, 0.2) is 11.5 Å². The highest BCUT2D eigenvalue weighted by molar-refractivity contribution is 6.02. The maximum atomic E-state index is 12.2. The number of carboxylic acid groups (broad SMARTS) is 1. The number of furan rings is 1. The number of benzene rings is 2. The van der Waals surface area contributed by atoms with E-state index in [1.807, 2.05) is 6.07 Å². The van der Waals surface area contributed by atoms with Crippen LogP contribution in [0.1, 0.15) is 16.1 Å². The average molecular weight is 377 g/mol. The lowest BCUT2D eigenvalue weighted by Crippen LogP contribution is -2.27. The van der Waals surface area contributed by atoms with Crippen molar-refractivity contribution in [2.24, 2.45) is 0 Å². The van der Waals surface area contributed by atoms with Crippen molar-refractivity contribution < 1.29 is 28.6 Å². The van der Waals surface area contributed by atoms with E-state index in [4.69, 9.17) is 13.9 Å². The minimum Gasteiger partial charge on any atom is -0.477 e. The van der Waals surface area contributed by atoms with Gasteiger partial charge in [-0.05, 0) is 42.5 Å². The molecule has 2 N–H and O–H groups in total. The Kier molecular flexibility index (Phi) is 4.55. The molecule has 0 bridgehead atoms. The molecule has 2 heterocycles. The number of rotatable bonds is 5. The van der Waals surface area contributed by atoms with E-state index in [1.165, 1.54) is 6.08 Å². The molecular weight excluding hydrogens is 362 g/mol. The number of nitrogens with one attached hydrogen (secondary N) is 1. The molecule has 0 saturated carbocycles.